The van der Waals surface area contributed by atoms with Crippen LogP contribution in [0.4, 0.5) is 5.69 Å². The van der Waals surface area contributed by atoms with Crippen LogP contribution in [0.25, 0.3) is 10.9 Å². The Labute approximate surface area is 194 Å². The van der Waals surface area contributed by atoms with Crippen LogP contribution in [0.1, 0.15) is 32.2 Å². The molecule has 1 N–H and O–H groups in total. The molecule has 3 aromatic rings. The molecule has 0 radical (unpaired) electrons. The Balaban J connectivity index is 2.16. The fourth-order valence-corrected chi connectivity index (χ4v) is 3.39. The van der Waals surface area contributed by atoms with E-state index >= 15 is 0 Å². The molecule has 0 saturated carbocycles. The second-order valence-corrected chi connectivity index (χ2v) is 9.42. The lowest BCUT2D eigenvalue weighted by atomic mass is 9.95. The number of benzene rings is 2. The van der Waals surface area contributed by atoms with Crippen molar-refractivity contribution in [2.45, 2.75) is 26.2 Å². The summed E-state index contributed by atoms with van der Waals surface area (Å²) in [5, 5.41) is 13.9. The van der Waals surface area contributed by atoms with Crippen molar-refractivity contribution >= 4 is 44.7 Å². The van der Waals surface area contributed by atoms with E-state index in [0.717, 1.165) is 10.2 Å². The molecule has 0 aliphatic rings. The normalized spacial score (nSPS) is 11.8. The zero-order chi connectivity index (χ0) is 23.6. The van der Waals surface area contributed by atoms with Gasteiger partial charge in [-0.3, -0.25) is 4.79 Å². The van der Waals surface area contributed by atoms with E-state index in [-0.39, 0.29) is 5.56 Å². The van der Waals surface area contributed by atoms with Crippen LogP contribution in [-0.2, 0) is 10.2 Å². The molecule has 168 valence electrons. The average molecular weight is 501 g/mol. The van der Waals surface area contributed by atoms with Gasteiger partial charge in [0, 0.05) is 41.3 Å². The predicted octanol–water partition coefficient (Wildman–Crippen LogP) is 3.87. The molecule has 0 saturated heterocycles. The number of carbonyl (C=O) groups is 1. The maximum atomic E-state index is 13.3. The molecule has 1 heterocycles. The number of halogens is 1. The van der Waals surface area contributed by atoms with Crippen molar-refractivity contribution in [1.29, 1.82) is 0 Å². The first-order chi connectivity index (χ1) is 15.0. The molecule has 0 amide bonds. The predicted molar refractivity (Wildman–Crippen MR) is 129 cm³/mol. The van der Waals surface area contributed by atoms with Crippen molar-refractivity contribution in [2.24, 2.45) is 5.10 Å². The number of nitrogens with zero attached hydrogens (tertiary/aromatic N) is 4. The Morgan fingerprint density at radius 1 is 1.25 bits per heavy atom. The van der Waals surface area contributed by atoms with Crippen molar-refractivity contribution in [3.8, 4) is 5.75 Å². The van der Waals surface area contributed by atoms with Gasteiger partial charge in [-0.2, -0.15) is 9.78 Å². The smallest absolute Gasteiger partial charge is 0.341 e. The summed E-state index contributed by atoms with van der Waals surface area (Å²) in [6.07, 6.45) is 1.48. The number of carboxylic acids is 1. The molecule has 0 atom stereocenters. The Hall–Kier alpha value is -3.20. The molecule has 3 rings (SSSR count). The van der Waals surface area contributed by atoms with E-state index in [2.05, 4.69) is 21.0 Å². The van der Waals surface area contributed by atoms with Gasteiger partial charge in [0.2, 0.25) is 0 Å². The number of ether oxygens (including phenoxy) is 1. The first kappa shape index (κ1) is 23.5. The third kappa shape index (κ3) is 5.16. The number of hydrogen-bond donors (Lipinski definition) is 1. The highest BCUT2D eigenvalue weighted by Gasteiger charge is 2.23. The van der Waals surface area contributed by atoms with E-state index in [0.29, 0.717) is 28.0 Å². The van der Waals surface area contributed by atoms with Crippen molar-refractivity contribution < 1.29 is 14.6 Å². The molecule has 0 spiro atoms. The Morgan fingerprint density at radius 2 is 1.97 bits per heavy atom. The van der Waals surface area contributed by atoms with Crippen LogP contribution in [0.15, 0.2) is 50.8 Å². The van der Waals surface area contributed by atoms with Gasteiger partial charge < -0.3 is 14.7 Å². The fourth-order valence-electron chi connectivity index (χ4n) is 3.03. The van der Waals surface area contributed by atoms with Crippen molar-refractivity contribution in [3.05, 3.63) is 62.6 Å². The fraction of sp³-hybridized carbons (Fsp3) is 0.304. The quantitative estimate of drug-likeness (QED) is 0.516. The van der Waals surface area contributed by atoms with Gasteiger partial charge in [0.25, 0.3) is 5.56 Å². The van der Waals surface area contributed by atoms with Crippen LogP contribution in [0.3, 0.4) is 0 Å². The lowest BCUT2D eigenvalue weighted by molar-refractivity contribution is -0.139. The lowest BCUT2D eigenvalue weighted by Crippen LogP contribution is -2.29. The van der Waals surface area contributed by atoms with Crippen LogP contribution in [0.5, 0.6) is 5.75 Å². The van der Waals surface area contributed by atoms with Gasteiger partial charge in [-0.25, -0.2) is 9.78 Å². The lowest BCUT2D eigenvalue weighted by Gasteiger charge is -2.21. The maximum absolute atomic E-state index is 13.3. The number of hydrogen-bond acceptors (Lipinski definition) is 6. The van der Waals surface area contributed by atoms with Crippen molar-refractivity contribution in [3.63, 3.8) is 0 Å². The molecule has 0 fully saturated rings. The number of aliphatic carboxylic acids is 1. The topological polar surface area (TPSA) is 97.0 Å². The minimum Gasteiger partial charge on any atom is -0.481 e. The third-order valence-electron chi connectivity index (χ3n) is 4.66. The molecule has 0 aliphatic carbocycles. The number of anilines is 1. The Morgan fingerprint density at radius 3 is 2.59 bits per heavy atom. The molecule has 1 aromatic heterocycles. The number of aromatic nitrogens is 2. The monoisotopic (exact) mass is 500 g/mol. The summed E-state index contributed by atoms with van der Waals surface area (Å²) in [6.45, 7) is 5.38. The highest BCUT2D eigenvalue weighted by atomic mass is 79.9. The molecule has 9 heteroatoms. The van der Waals surface area contributed by atoms with E-state index in [4.69, 9.17) is 14.8 Å². The number of rotatable bonds is 6. The summed E-state index contributed by atoms with van der Waals surface area (Å²) in [5.41, 5.74) is 1.23. The summed E-state index contributed by atoms with van der Waals surface area (Å²) < 4.78 is 7.52. The SMILES string of the molecule is CN(C)c1ccc(C=Nn2c(C(C)(C)C)nc3ccc(Br)cc3c2=O)c(OCC(=O)O)c1. The first-order valence-corrected chi connectivity index (χ1v) is 10.7. The zero-order valence-electron chi connectivity index (χ0n) is 18.6. The molecule has 32 heavy (non-hydrogen) atoms. The summed E-state index contributed by atoms with van der Waals surface area (Å²) in [4.78, 5) is 30.9. The van der Waals surface area contributed by atoms with Crippen LogP contribution < -0.4 is 15.2 Å². The van der Waals surface area contributed by atoms with E-state index in [1.807, 2.05) is 51.9 Å². The minimum atomic E-state index is -1.08. The third-order valence-corrected chi connectivity index (χ3v) is 5.15. The summed E-state index contributed by atoms with van der Waals surface area (Å²) >= 11 is 3.40. The van der Waals surface area contributed by atoms with Gasteiger partial charge in [-0.15, -0.1) is 0 Å². The second-order valence-electron chi connectivity index (χ2n) is 8.51. The van der Waals surface area contributed by atoms with Gasteiger partial charge >= 0.3 is 5.97 Å². The minimum absolute atomic E-state index is 0.296. The van der Waals surface area contributed by atoms with Crippen LogP contribution in [0, 0.1) is 0 Å². The van der Waals surface area contributed by atoms with E-state index in [1.165, 1.54) is 10.9 Å². The molecular weight excluding hydrogens is 476 g/mol. The number of fused-ring (bicyclic) bond motifs is 1. The Kier molecular flexibility index (Phi) is 6.68. The van der Waals surface area contributed by atoms with Crippen LogP contribution in [-0.4, -0.2) is 47.7 Å². The molecule has 8 nitrogen and oxygen atoms in total. The molecule has 0 aliphatic heterocycles. The Bertz CT molecular complexity index is 1260. The maximum Gasteiger partial charge on any atom is 0.341 e. The highest BCUT2D eigenvalue weighted by Crippen LogP contribution is 2.25. The van der Waals surface area contributed by atoms with Gasteiger partial charge in [0.1, 0.15) is 11.6 Å². The van der Waals surface area contributed by atoms with E-state index in [9.17, 15) is 9.59 Å². The van der Waals surface area contributed by atoms with E-state index in [1.54, 1.807) is 24.3 Å². The molecular formula is C23H25BrN4O4. The van der Waals surface area contributed by atoms with Gasteiger partial charge in [-0.1, -0.05) is 36.7 Å². The summed E-state index contributed by atoms with van der Waals surface area (Å²) in [6, 6.07) is 10.7. The van der Waals surface area contributed by atoms with E-state index < -0.39 is 18.0 Å². The molecule has 0 unspecified atom stereocenters. The summed E-state index contributed by atoms with van der Waals surface area (Å²) in [5.74, 6) is -0.227. The zero-order valence-corrected chi connectivity index (χ0v) is 20.2. The van der Waals surface area contributed by atoms with Crippen molar-refractivity contribution in [2.75, 3.05) is 25.6 Å². The highest BCUT2D eigenvalue weighted by molar-refractivity contribution is 9.10. The van der Waals surface area contributed by atoms with Gasteiger partial charge in [-0.05, 0) is 30.3 Å². The van der Waals surface area contributed by atoms with Gasteiger partial charge in [0.15, 0.2) is 6.61 Å². The number of carboxylic acid groups (broad SMARTS) is 1. The van der Waals surface area contributed by atoms with Gasteiger partial charge in [0.05, 0.1) is 17.1 Å². The molecule has 2 aromatic carbocycles. The standard InChI is InChI=1S/C23H25BrN4O4/c1-23(2,3)22-26-18-9-7-15(24)10-17(18)21(31)28(22)25-12-14-6-8-16(27(4)5)11-19(14)32-13-20(29)30/h6-12H,13H2,1-5H3,(H,29,30). The first-order valence-electron chi connectivity index (χ1n) is 9.90. The van der Waals surface area contributed by atoms with Crippen LogP contribution >= 0.6 is 15.9 Å². The second kappa shape index (κ2) is 9.12. The summed E-state index contributed by atoms with van der Waals surface area (Å²) in [7, 11) is 3.75. The van der Waals surface area contributed by atoms with Crippen LogP contribution in [0.2, 0.25) is 0 Å². The molecule has 0 bridgehead atoms. The van der Waals surface area contributed by atoms with Crippen molar-refractivity contribution in [1.82, 2.24) is 9.66 Å². The average Bonchev–Trinajstić information content (AvgIpc) is 2.71. The largest absolute Gasteiger partial charge is 0.481 e.